The molecule has 0 unspecified atom stereocenters. The van der Waals surface area contributed by atoms with Crippen LogP contribution in [0, 0.1) is 0 Å². The van der Waals surface area contributed by atoms with Crippen LogP contribution < -0.4 is 4.72 Å². The van der Waals surface area contributed by atoms with Gasteiger partial charge in [-0.1, -0.05) is 54.6 Å². The molecule has 1 saturated heterocycles. The Labute approximate surface area is 155 Å². The van der Waals surface area contributed by atoms with E-state index in [0.717, 1.165) is 16.7 Å². The summed E-state index contributed by atoms with van der Waals surface area (Å²) < 4.78 is 25.2. The normalized spacial score (nSPS) is 15.8. The molecule has 138 valence electrons. The molecule has 2 aromatic rings. The molecular formula is C20H24N2O3S. The van der Waals surface area contributed by atoms with E-state index in [-0.39, 0.29) is 11.9 Å². The molecular weight excluding hydrogens is 348 g/mol. The van der Waals surface area contributed by atoms with Gasteiger partial charge in [-0.15, -0.1) is 0 Å². The molecule has 0 atom stereocenters. The van der Waals surface area contributed by atoms with E-state index >= 15 is 0 Å². The van der Waals surface area contributed by atoms with Crippen molar-refractivity contribution in [3.05, 3.63) is 60.2 Å². The Morgan fingerprint density at radius 3 is 2.15 bits per heavy atom. The third-order valence-electron chi connectivity index (χ3n) is 4.64. The van der Waals surface area contributed by atoms with Crippen molar-refractivity contribution in [3.8, 4) is 11.1 Å². The number of nitrogens with one attached hydrogen (secondary N) is 1. The van der Waals surface area contributed by atoms with Crippen molar-refractivity contribution < 1.29 is 13.2 Å². The average molecular weight is 372 g/mol. The number of benzene rings is 2. The predicted molar refractivity (Wildman–Crippen MR) is 103 cm³/mol. The molecule has 0 saturated carbocycles. The number of carbonyl (C=O) groups excluding carboxylic acids is 1. The lowest BCUT2D eigenvalue weighted by molar-refractivity contribution is -0.131. The second-order valence-electron chi connectivity index (χ2n) is 6.78. The Morgan fingerprint density at radius 1 is 1.00 bits per heavy atom. The molecule has 0 aliphatic carbocycles. The zero-order valence-electron chi connectivity index (χ0n) is 14.9. The number of sulfonamides is 1. The van der Waals surface area contributed by atoms with Gasteiger partial charge >= 0.3 is 0 Å². The minimum Gasteiger partial charge on any atom is -0.342 e. The highest BCUT2D eigenvalue weighted by Crippen LogP contribution is 2.20. The highest BCUT2D eigenvalue weighted by atomic mass is 32.2. The summed E-state index contributed by atoms with van der Waals surface area (Å²) in [7, 11) is -3.19. The lowest BCUT2D eigenvalue weighted by Gasteiger charge is -2.32. The molecule has 0 radical (unpaired) electrons. The zero-order valence-corrected chi connectivity index (χ0v) is 15.7. The number of rotatable bonds is 5. The molecule has 0 aromatic heterocycles. The minimum absolute atomic E-state index is 0.0702. The Morgan fingerprint density at radius 2 is 1.58 bits per heavy atom. The standard InChI is InChI=1S/C20H24N2O3S/c1-26(24,25)21-19-11-13-22(14-12-19)20(23)15-16-7-9-18(10-8-16)17-5-3-2-4-6-17/h2-10,19,21H,11-15H2,1H3. The van der Waals surface area contributed by atoms with Gasteiger partial charge in [-0.05, 0) is 29.5 Å². The van der Waals surface area contributed by atoms with Crippen LogP contribution in [0.2, 0.25) is 0 Å². The van der Waals surface area contributed by atoms with E-state index < -0.39 is 10.0 Å². The third kappa shape index (κ3) is 5.16. The topological polar surface area (TPSA) is 66.5 Å². The molecule has 6 heteroatoms. The van der Waals surface area contributed by atoms with Crippen LogP contribution in [0.1, 0.15) is 18.4 Å². The molecule has 0 bridgehead atoms. The first-order chi connectivity index (χ1) is 12.4. The van der Waals surface area contributed by atoms with Crippen molar-refractivity contribution in [1.82, 2.24) is 9.62 Å². The van der Waals surface area contributed by atoms with E-state index in [2.05, 4.69) is 16.9 Å². The minimum atomic E-state index is -3.19. The second-order valence-corrected chi connectivity index (χ2v) is 8.56. The van der Waals surface area contributed by atoms with E-state index in [0.29, 0.717) is 32.4 Å². The van der Waals surface area contributed by atoms with Gasteiger partial charge in [0.25, 0.3) is 0 Å². The maximum Gasteiger partial charge on any atom is 0.226 e. The maximum atomic E-state index is 12.5. The van der Waals surface area contributed by atoms with Gasteiger partial charge < -0.3 is 4.90 Å². The lowest BCUT2D eigenvalue weighted by atomic mass is 10.0. The zero-order chi connectivity index (χ0) is 18.6. The van der Waals surface area contributed by atoms with Crippen molar-refractivity contribution in [2.75, 3.05) is 19.3 Å². The molecule has 5 nitrogen and oxygen atoms in total. The number of piperidine rings is 1. The third-order valence-corrected chi connectivity index (χ3v) is 5.41. The average Bonchev–Trinajstić information content (AvgIpc) is 2.62. The molecule has 1 aliphatic rings. The van der Waals surface area contributed by atoms with Gasteiger partial charge in [0.2, 0.25) is 15.9 Å². The lowest BCUT2D eigenvalue weighted by Crippen LogP contribution is -2.46. The van der Waals surface area contributed by atoms with Gasteiger partial charge in [0.1, 0.15) is 0 Å². The summed E-state index contributed by atoms with van der Waals surface area (Å²) in [4.78, 5) is 14.3. The molecule has 1 fully saturated rings. The summed E-state index contributed by atoms with van der Waals surface area (Å²) in [5.41, 5.74) is 3.28. The summed E-state index contributed by atoms with van der Waals surface area (Å²) >= 11 is 0. The molecule has 1 heterocycles. The Bertz CT molecular complexity index is 840. The SMILES string of the molecule is CS(=O)(=O)NC1CCN(C(=O)Cc2ccc(-c3ccccc3)cc2)CC1. The Hall–Kier alpha value is -2.18. The van der Waals surface area contributed by atoms with Crippen molar-refractivity contribution in [3.63, 3.8) is 0 Å². The Balaban J connectivity index is 1.54. The van der Waals surface area contributed by atoms with E-state index in [9.17, 15) is 13.2 Å². The highest BCUT2D eigenvalue weighted by molar-refractivity contribution is 7.88. The van der Waals surface area contributed by atoms with Gasteiger partial charge in [-0.25, -0.2) is 13.1 Å². The number of amides is 1. The van der Waals surface area contributed by atoms with Gasteiger partial charge in [0.05, 0.1) is 12.7 Å². The number of hydrogen-bond acceptors (Lipinski definition) is 3. The smallest absolute Gasteiger partial charge is 0.226 e. The second kappa shape index (κ2) is 8.01. The first kappa shape index (κ1) is 18.6. The quantitative estimate of drug-likeness (QED) is 0.877. The van der Waals surface area contributed by atoms with Gasteiger partial charge in [-0.2, -0.15) is 0 Å². The first-order valence-corrected chi connectivity index (χ1v) is 10.7. The van der Waals surface area contributed by atoms with E-state index in [1.807, 2.05) is 47.4 Å². The summed E-state index contributed by atoms with van der Waals surface area (Å²) in [5, 5.41) is 0. The fraction of sp³-hybridized carbons (Fsp3) is 0.350. The van der Waals surface area contributed by atoms with Gasteiger partial charge in [-0.3, -0.25) is 4.79 Å². The monoisotopic (exact) mass is 372 g/mol. The van der Waals surface area contributed by atoms with Crippen LogP contribution in [-0.2, 0) is 21.2 Å². The van der Waals surface area contributed by atoms with Crippen LogP contribution in [0.5, 0.6) is 0 Å². The van der Waals surface area contributed by atoms with Crippen LogP contribution in [0.25, 0.3) is 11.1 Å². The molecule has 0 spiro atoms. The Kier molecular flexibility index (Phi) is 5.74. The van der Waals surface area contributed by atoms with Crippen molar-refractivity contribution in [2.24, 2.45) is 0 Å². The first-order valence-electron chi connectivity index (χ1n) is 8.80. The van der Waals surface area contributed by atoms with Crippen LogP contribution in [0.15, 0.2) is 54.6 Å². The van der Waals surface area contributed by atoms with E-state index in [4.69, 9.17) is 0 Å². The van der Waals surface area contributed by atoms with Crippen LogP contribution >= 0.6 is 0 Å². The number of carbonyl (C=O) groups is 1. The van der Waals surface area contributed by atoms with E-state index in [1.165, 1.54) is 6.26 Å². The summed E-state index contributed by atoms with van der Waals surface area (Å²) in [5.74, 6) is 0.0928. The fourth-order valence-corrected chi connectivity index (χ4v) is 4.12. The van der Waals surface area contributed by atoms with Gasteiger partial charge in [0, 0.05) is 19.1 Å². The largest absolute Gasteiger partial charge is 0.342 e. The molecule has 2 aromatic carbocycles. The molecule has 26 heavy (non-hydrogen) atoms. The van der Waals surface area contributed by atoms with Crippen molar-refractivity contribution >= 4 is 15.9 Å². The summed E-state index contributed by atoms with van der Waals surface area (Å²) in [6.07, 6.45) is 2.86. The summed E-state index contributed by atoms with van der Waals surface area (Å²) in [6, 6.07) is 18.1. The van der Waals surface area contributed by atoms with Gasteiger partial charge in [0.15, 0.2) is 0 Å². The van der Waals surface area contributed by atoms with Crippen LogP contribution in [0.3, 0.4) is 0 Å². The fourth-order valence-electron chi connectivity index (χ4n) is 3.28. The predicted octanol–water partition coefficient (Wildman–Crippen LogP) is 2.44. The molecule has 1 amide bonds. The molecule has 1 aliphatic heterocycles. The number of likely N-dealkylation sites (tertiary alicyclic amines) is 1. The highest BCUT2D eigenvalue weighted by Gasteiger charge is 2.24. The molecule has 3 rings (SSSR count). The van der Waals surface area contributed by atoms with Crippen LogP contribution in [-0.4, -0.2) is 44.6 Å². The van der Waals surface area contributed by atoms with Crippen molar-refractivity contribution in [1.29, 1.82) is 0 Å². The summed E-state index contributed by atoms with van der Waals surface area (Å²) in [6.45, 7) is 1.18. The number of nitrogens with zero attached hydrogens (tertiary/aromatic N) is 1. The molecule has 1 N–H and O–H groups in total. The van der Waals surface area contributed by atoms with Crippen LogP contribution in [0.4, 0.5) is 0 Å². The van der Waals surface area contributed by atoms with E-state index in [1.54, 1.807) is 0 Å². The number of hydrogen-bond donors (Lipinski definition) is 1. The maximum absolute atomic E-state index is 12.5. The van der Waals surface area contributed by atoms with Crippen molar-refractivity contribution in [2.45, 2.75) is 25.3 Å².